The average Bonchev–Trinajstić information content (AvgIpc) is 3.21. The first kappa shape index (κ1) is 15.8. The fourth-order valence-corrected chi connectivity index (χ4v) is 3.79. The molecule has 9 heteroatoms. The standard InChI is InChI=1S/C14H12N4O2S3/c1-8-5-22-13(15-8)17-11(19)4-10-7-23-14(16-10)18-12(20)9-2-3-21-6-9/h2-3,5-7H,4H2,1H3,(H,15,17,19)(H,16,18,20). The molecule has 0 atom stereocenters. The van der Waals surface area contributed by atoms with Crippen LogP contribution in [0.4, 0.5) is 10.3 Å². The number of carbonyl (C=O) groups excluding carboxylic acids is 2. The zero-order valence-electron chi connectivity index (χ0n) is 12.0. The van der Waals surface area contributed by atoms with E-state index >= 15 is 0 Å². The maximum absolute atomic E-state index is 11.9. The molecule has 0 aromatic carbocycles. The minimum absolute atomic E-state index is 0.142. The van der Waals surface area contributed by atoms with Gasteiger partial charge in [0.2, 0.25) is 5.91 Å². The van der Waals surface area contributed by atoms with Crippen LogP contribution in [0.15, 0.2) is 27.6 Å². The van der Waals surface area contributed by atoms with Crippen molar-refractivity contribution in [3.8, 4) is 0 Å². The van der Waals surface area contributed by atoms with Gasteiger partial charge in [0.15, 0.2) is 10.3 Å². The number of anilines is 2. The number of thiophene rings is 1. The molecule has 3 aromatic heterocycles. The number of thiazole rings is 2. The quantitative estimate of drug-likeness (QED) is 0.727. The van der Waals surface area contributed by atoms with Crippen LogP contribution >= 0.6 is 34.0 Å². The zero-order chi connectivity index (χ0) is 16.2. The van der Waals surface area contributed by atoms with Gasteiger partial charge in [-0.05, 0) is 18.4 Å². The Bertz CT molecular complexity index is 823. The summed E-state index contributed by atoms with van der Waals surface area (Å²) in [5, 5.41) is 13.8. The van der Waals surface area contributed by atoms with E-state index in [1.807, 2.05) is 17.7 Å². The van der Waals surface area contributed by atoms with Gasteiger partial charge >= 0.3 is 0 Å². The van der Waals surface area contributed by atoms with E-state index in [4.69, 9.17) is 0 Å². The smallest absolute Gasteiger partial charge is 0.258 e. The third kappa shape index (κ3) is 4.21. The largest absolute Gasteiger partial charge is 0.302 e. The first-order valence-corrected chi connectivity index (χ1v) is 9.30. The molecule has 3 heterocycles. The minimum atomic E-state index is -0.199. The Morgan fingerprint density at radius 2 is 1.87 bits per heavy atom. The maximum atomic E-state index is 11.9. The van der Waals surface area contributed by atoms with Crippen molar-refractivity contribution in [3.63, 3.8) is 0 Å². The average molecular weight is 364 g/mol. The second kappa shape index (κ2) is 6.99. The Hall–Kier alpha value is -2.10. The van der Waals surface area contributed by atoms with E-state index in [1.165, 1.54) is 34.0 Å². The van der Waals surface area contributed by atoms with Crippen molar-refractivity contribution in [1.29, 1.82) is 0 Å². The molecule has 23 heavy (non-hydrogen) atoms. The number of aryl methyl sites for hydroxylation is 1. The molecule has 0 saturated heterocycles. The molecule has 0 aliphatic heterocycles. The molecule has 0 aliphatic rings. The van der Waals surface area contributed by atoms with Gasteiger partial charge in [-0.25, -0.2) is 9.97 Å². The summed E-state index contributed by atoms with van der Waals surface area (Å²) < 4.78 is 0. The van der Waals surface area contributed by atoms with Crippen molar-refractivity contribution in [2.24, 2.45) is 0 Å². The Labute approximate surface area is 144 Å². The van der Waals surface area contributed by atoms with E-state index in [-0.39, 0.29) is 18.2 Å². The van der Waals surface area contributed by atoms with Crippen molar-refractivity contribution < 1.29 is 9.59 Å². The van der Waals surface area contributed by atoms with Crippen LogP contribution < -0.4 is 10.6 Å². The highest BCUT2D eigenvalue weighted by Gasteiger charge is 2.12. The van der Waals surface area contributed by atoms with Gasteiger partial charge in [0.25, 0.3) is 5.91 Å². The number of nitrogens with one attached hydrogen (secondary N) is 2. The van der Waals surface area contributed by atoms with Gasteiger partial charge in [-0.3, -0.25) is 14.9 Å². The molecule has 2 N–H and O–H groups in total. The van der Waals surface area contributed by atoms with Crippen molar-refractivity contribution >= 4 is 56.1 Å². The Morgan fingerprint density at radius 1 is 1.09 bits per heavy atom. The first-order chi connectivity index (χ1) is 11.1. The molecule has 0 spiro atoms. The summed E-state index contributed by atoms with van der Waals surface area (Å²) in [5.74, 6) is -0.379. The van der Waals surface area contributed by atoms with Crippen molar-refractivity contribution in [3.05, 3.63) is 44.5 Å². The summed E-state index contributed by atoms with van der Waals surface area (Å²) in [4.78, 5) is 32.3. The van der Waals surface area contributed by atoms with Gasteiger partial charge in [-0.1, -0.05) is 0 Å². The van der Waals surface area contributed by atoms with Crippen LogP contribution in [0.3, 0.4) is 0 Å². The van der Waals surface area contributed by atoms with Crippen molar-refractivity contribution in [1.82, 2.24) is 9.97 Å². The summed E-state index contributed by atoms with van der Waals surface area (Å²) in [6.07, 6.45) is 0.142. The predicted octanol–water partition coefficient (Wildman–Crippen LogP) is 3.40. The Kier molecular flexibility index (Phi) is 4.79. The van der Waals surface area contributed by atoms with Crippen LogP contribution in [0.1, 0.15) is 21.7 Å². The number of amides is 2. The maximum Gasteiger partial charge on any atom is 0.258 e. The highest BCUT2D eigenvalue weighted by molar-refractivity contribution is 7.14. The summed E-state index contributed by atoms with van der Waals surface area (Å²) in [6, 6.07) is 1.75. The lowest BCUT2D eigenvalue weighted by Gasteiger charge is -1.99. The van der Waals surface area contributed by atoms with Gasteiger partial charge < -0.3 is 5.32 Å². The molecular weight excluding hydrogens is 352 g/mol. The third-order valence-corrected chi connectivity index (χ3v) is 5.13. The van der Waals surface area contributed by atoms with E-state index in [1.54, 1.807) is 16.8 Å². The van der Waals surface area contributed by atoms with Crippen LogP contribution in [-0.4, -0.2) is 21.8 Å². The number of carbonyl (C=O) groups is 2. The molecule has 0 saturated carbocycles. The fraction of sp³-hybridized carbons (Fsp3) is 0.143. The summed E-state index contributed by atoms with van der Waals surface area (Å²) in [5.41, 5.74) is 2.09. The van der Waals surface area contributed by atoms with E-state index in [0.717, 1.165) is 5.69 Å². The summed E-state index contributed by atoms with van der Waals surface area (Å²) in [7, 11) is 0. The first-order valence-electron chi connectivity index (χ1n) is 6.60. The molecule has 118 valence electrons. The van der Waals surface area contributed by atoms with Gasteiger partial charge in [0.1, 0.15) is 0 Å². The molecule has 0 unspecified atom stereocenters. The topological polar surface area (TPSA) is 84.0 Å². The van der Waals surface area contributed by atoms with Gasteiger partial charge in [0.05, 0.1) is 23.4 Å². The molecule has 6 nitrogen and oxygen atoms in total. The second-order valence-electron chi connectivity index (χ2n) is 4.63. The van der Waals surface area contributed by atoms with E-state index < -0.39 is 0 Å². The number of rotatable bonds is 5. The predicted molar refractivity (Wildman–Crippen MR) is 93.6 cm³/mol. The molecule has 0 fully saturated rings. The molecule has 3 rings (SSSR count). The highest BCUT2D eigenvalue weighted by Crippen LogP contribution is 2.19. The van der Waals surface area contributed by atoms with Gasteiger partial charge in [-0.2, -0.15) is 11.3 Å². The van der Waals surface area contributed by atoms with Crippen LogP contribution in [0.5, 0.6) is 0 Å². The lowest BCUT2D eigenvalue weighted by molar-refractivity contribution is -0.115. The summed E-state index contributed by atoms with van der Waals surface area (Å²) >= 11 is 4.14. The van der Waals surface area contributed by atoms with Crippen LogP contribution in [0, 0.1) is 6.92 Å². The van der Waals surface area contributed by atoms with Crippen LogP contribution in [0.2, 0.25) is 0 Å². The molecule has 0 aliphatic carbocycles. The van der Waals surface area contributed by atoms with Crippen molar-refractivity contribution in [2.45, 2.75) is 13.3 Å². The number of nitrogens with zero attached hydrogens (tertiary/aromatic N) is 2. The Morgan fingerprint density at radius 3 is 2.57 bits per heavy atom. The third-order valence-electron chi connectivity index (χ3n) is 2.76. The lowest BCUT2D eigenvalue weighted by atomic mass is 10.3. The molecule has 0 bridgehead atoms. The lowest BCUT2D eigenvalue weighted by Crippen LogP contribution is -2.15. The highest BCUT2D eigenvalue weighted by atomic mass is 32.1. The second-order valence-corrected chi connectivity index (χ2v) is 7.13. The van der Waals surface area contributed by atoms with Crippen LogP contribution in [-0.2, 0) is 11.2 Å². The normalized spacial score (nSPS) is 10.5. The molecule has 2 amide bonds. The summed E-state index contributed by atoms with van der Waals surface area (Å²) in [6.45, 7) is 1.87. The minimum Gasteiger partial charge on any atom is -0.302 e. The number of hydrogen-bond acceptors (Lipinski definition) is 7. The Balaban J connectivity index is 1.56. The van der Waals surface area contributed by atoms with E-state index in [9.17, 15) is 9.59 Å². The molecule has 3 aromatic rings. The zero-order valence-corrected chi connectivity index (χ0v) is 14.5. The molecule has 0 radical (unpaired) electrons. The van der Waals surface area contributed by atoms with E-state index in [0.29, 0.717) is 21.5 Å². The van der Waals surface area contributed by atoms with E-state index in [2.05, 4.69) is 20.6 Å². The van der Waals surface area contributed by atoms with Gasteiger partial charge in [-0.15, -0.1) is 22.7 Å². The van der Waals surface area contributed by atoms with Gasteiger partial charge in [0, 0.05) is 16.1 Å². The number of aromatic nitrogens is 2. The monoisotopic (exact) mass is 364 g/mol. The SMILES string of the molecule is Cc1csc(NC(=O)Cc2csc(NC(=O)c3ccsc3)n2)n1. The van der Waals surface area contributed by atoms with Crippen LogP contribution in [0.25, 0.3) is 0 Å². The molecular formula is C14H12N4O2S3. The fourth-order valence-electron chi connectivity index (χ4n) is 1.75. The van der Waals surface area contributed by atoms with Crippen molar-refractivity contribution in [2.75, 3.05) is 10.6 Å². The number of hydrogen-bond donors (Lipinski definition) is 2.